The third-order valence-corrected chi connectivity index (χ3v) is 7.03. The largest absolute Gasteiger partial charge is 0.333 e. The fraction of sp³-hybridized carbons (Fsp3) is 0. The molecule has 0 aliphatic rings. The molecule has 0 saturated heterocycles. The summed E-state index contributed by atoms with van der Waals surface area (Å²) in [7, 11) is -4.30. The van der Waals surface area contributed by atoms with E-state index in [2.05, 4.69) is 9.71 Å². The maximum Gasteiger partial charge on any atom is 0.333 e. The summed E-state index contributed by atoms with van der Waals surface area (Å²) in [5.41, 5.74) is -0.516. The highest BCUT2D eigenvalue weighted by atomic mass is 35.5. The van der Waals surface area contributed by atoms with E-state index >= 15 is 0 Å². The Kier molecular flexibility index (Phi) is 4.77. The van der Waals surface area contributed by atoms with E-state index in [1.54, 1.807) is 24.3 Å². The minimum Gasteiger partial charge on any atom is -0.306 e. The van der Waals surface area contributed by atoms with Crippen molar-refractivity contribution >= 4 is 49.6 Å². The number of nitrogens with one attached hydrogen (secondary N) is 1. The van der Waals surface area contributed by atoms with Crippen LogP contribution in [0, 0.1) is 5.82 Å². The van der Waals surface area contributed by atoms with Crippen LogP contribution in [0.1, 0.15) is 0 Å². The first-order valence-electron chi connectivity index (χ1n) is 8.03. The summed E-state index contributed by atoms with van der Waals surface area (Å²) in [6, 6.07) is 12.8. The molecule has 0 unspecified atom stereocenters. The molecule has 0 atom stereocenters. The van der Waals surface area contributed by atoms with Crippen LogP contribution in [-0.2, 0) is 10.0 Å². The van der Waals surface area contributed by atoms with Gasteiger partial charge in [-0.1, -0.05) is 23.7 Å². The second-order valence-corrected chi connectivity index (χ2v) is 9.37. The highest BCUT2D eigenvalue weighted by Crippen LogP contribution is 2.31. The molecule has 2 heterocycles. The third kappa shape index (κ3) is 3.57. The summed E-state index contributed by atoms with van der Waals surface area (Å²) in [5, 5.41) is 0.327. The van der Waals surface area contributed by atoms with Crippen molar-refractivity contribution in [1.29, 1.82) is 0 Å². The summed E-state index contributed by atoms with van der Waals surface area (Å²) in [5.74, 6) is -0.977. The summed E-state index contributed by atoms with van der Waals surface area (Å²) in [6.45, 7) is 0. The minimum atomic E-state index is -4.30. The number of rotatable bonds is 4. The van der Waals surface area contributed by atoms with Gasteiger partial charge in [-0.2, -0.15) is 13.1 Å². The number of aromatic nitrogens is 2. The molecule has 0 bridgehead atoms. The molecule has 29 heavy (non-hydrogen) atoms. The van der Waals surface area contributed by atoms with Crippen molar-refractivity contribution in [3.05, 3.63) is 85.6 Å². The zero-order chi connectivity index (χ0) is 20.8. The number of benzene rings is 2. The molecule has 4 rings (SSSR count). The van der Waals surface area contributed by atoms with Crippen molar-refractivity contribution in [2.24, 2.45) is 0 Å². The lowest BCUT2D eigenvalue weighted by Gasteiger charge is -2.08. The lowest BCUT2D eigenvalue weighted by atomic mass is 10.2. The number of hydrogen-bond donors (Lipinski definition) is 1. The normalized spacial score (nSPS) is 11.7. The average molecular weight is 451 g/mol. The number of H-pyrrole nitrogens is 1. The van der Waals surface area contributed by atoms with Crippen LogP contribution < -0.4 is 16.0 Å². The molecule has 0 aliphatic carbocycles. The summed E-state index contributed by atoms with van der Waals surface area (Å²) in [4.78, 5) is 27.6. The molecule has 147 valence electrons. The number of sulfonamides is 1. The molecule has 1 radical (unpaired) electrons. The van der Waals surface area contributed by atoms with Crippen LogP contribution in [0.2, 0.25) is 4.34 Å². The first-order valence-corrected chi connectivity index (χ1v) is 10.7. The quantitative estimate of drug-likeness (QED) is 0.515. The van der Waals surface area contributed by atoms with Crippen molar-refractivity contribution in [2.45, 2.75) is 4.21 Å². The van der Waals surface area contributed by atoms with Crippen LogP contribution in [-0.4, -0.2) is 18.0 Å². The van der Waals surface area contributed by atoms with Gasteiger partial charge in [0.25, 0.3) is 15.6 Å². The van der Waals surface area contributed by atoms with Crippen molar-refractivity contribution in [2.75, 3.05) is 0 Å². The number of thiophene rings is 1. The molecule has 0 saturated carbocycles. The van der Waals surface area contributed by atoms with E-state index in [-0.39, 0.29) is 15.7 Å². The fourth-order valence-corrected chi connectivity index (χ4v) is 5.29. The molecular weight excluding hydrogens is 441 g/mol. The van der Waals surface area contributed by atoms with Gasteiger partial charge in [-0.3, -0.25) is 4.79 Å². The van der Waals surface area contributed by atoms with Crippen LogP contribution >= 0.6 is 22.9 Å². The van der Waals surface area contributed by atoms with Crippen LogP contribution in [0.15, 0.2) is 68.4 Å². The summed E-state index contributed by atoms with van der Waals surface area (Å²) >= 11 is 6.21. The number of para-hydroxylation sites is 1. The average Bonchev–Trinajstić information content (AvgIpc) is 3.02. The highest BCUT2D eigenvalue weighted by molar-refractivity contribution is 7.91. The van der Waals surface area contributed by atoms with Gasteiger partial charge >= 0.3 is 5.69 Å². The molecule has 4 aromatic rings. The molecular formula is C18H10ClFN3O4S2. The van der Waals surface area contributed by atoms with Crippen LogP contribution in [0.25, 0.3) is 16.6 Å². The molecule has 0 spiro atoms. The van der Waals surface area contributed by atoms with E-state index in [1.165, 1.54) is 24.3 Å². The maximum absolute atomic E-state index is 13.7. The van der Waals surface area contributed by atoms with E-state index in [0.717, 1.165) is 10.6 Å². The Morgan fingerprint density at radius 1 is 1.07 bits per heavy atom. The number of nitrogens with zero attached hydrogens (tertiary/aromatic N) is 2. The number of hydrogen-bond acceptors (Lipinski definition) is 5. The second kappa shape index (κ2) is 7.14. The molecule has 0 fully saturated rings. The van der Waals surface area contributed by atoms with Crippen LogP contribution in [0.4, 0.5) is 10.1 Å². The minimum absolute atomic E-state index is 0.00272. The summed E-state index contributed by atoms with van der Waals surface area (Å²) in [6.07, 6.45) is 0. The van der Waals surface area contributed by atoms with Gasteiger partial charge in [0.05, 0.1) is 26.6 Å². The van der Waals surface area contributed by atoms with E-state index in [1.807, 2.05) is 0 Å². The zero-order valence-corrected chi connectivity index (χ0v) is 16.7. The third-order valence-electron chi connectivity index (χ3n) is 4.00. The number of aromatic amines is 1. The molecule has 0 amide bonds. The smallest absolute Gasteiger partial charge is 0.306 e. The first kappa shape index (κ1) is 19.4. The Hall–Kier alpha value is -2.95. The molecule has 11 heteroatoms. The first-order chi connectivity index (χ1) is 13.8. The lowest BCUT2D eigenvalue weighted by molar-refractivity contribution is 0.571. The SMILES string of the molecule is O=c1[nH]c2ccccc2c(=O)n1-c1ccc([N]S(=O)(=O)c2sc(Cl)cc2F)cc1. The van der Waals surface area contributed by atoms with Crippen LogP contribution in [0.3, 0.4) is 0 Å². The van der Waals surface area contributed by atoms with Gasteiger partial charge in [0.2, 0.25) is 0 Å². The Bertz CT molecular complexity index is 1460. The van der Waals surface area contributed by atoms with Gasteiger partial charge in [0.15, 0.2) is 10.0 Å². The van der Waals surface area contributed by atoms with Gasteiger partial charge < -0.3 is 4.98 Å². The van der Waals surface area contributed by atoms with Crippen LogP contribution in [0.5, 0.6) is 0 Å². The zero-order valence-electron chi connectivity index (χ0n) is 14.3. The maximum atomic E-state index is 13.7. The van der Waals surface area contributed by atoms with Gasteiger partial charge in [-0.05, 0) is 36.4 Å². The Morgan fingerprint density at radius 2 is 1.76 bits per heavy atom. The van der Waals surface area contributed by atoms with Crippen molar-refractivity contribution < 1.29 is 12.8 Å². The topological polar surface area (TPSA) is 103 Å². The Labute approximate surface area is 172 Å². The van der Waals surface area contributed by atoms with Crippen molar-refractivity contribution in [1.82, 2.24) is 14.3 Å². The van der Waals surface area contributed by atoms with Gasteiger partial charge in [-0.25, -0.2) is 13.8 Å². The summed E-state index contributed by atoms with van der Waals surface area (Å²) < 4.78 is 42.2. The van der Waals surface area contributed by atoms with Crippen molar-refractivity contribution in [3.63, 3.8) is 0 Å². The Balaban J connectivity index is 1.71. The van der Waals surface area contributed by atoms with Gasteiger partial charge in [-0.15, -0.1) is 11.3 Å². The molecule has 1 N–H and O–H groups in total. The number of fused-ring (bicyclic) bond motifs is 1. The fourth-order valence-electron chi connectivity index (χ4n) is 2.74. The highest BCUT2D eigenvalue weighted by Gasteiger charge is 2.24. The van der Waals surface area contributed by atoms with Gasteiger partial charge in [0, 0.05) is 6.07 Å². The monoisotopic (exact) mass is 450 g/mol. The standard InChI is InChI=1S/C18H10ClFN3O4S2/c19-15-9-13(20)17(28-15)29(26,27)22-10-5-7-11(8-6-10)23-16(24)12-3-1-2-4-14(12)21-18(23)25/h1-9H,(H,21,25). The predicted molar refractivity (Wildman–Crippen MR) is 108 cm³/mol. The van der Waals surface area contributed by atoms with Gasteiger partial charge in [0.1, 0.15) is 0 Å². The molecule has 0 aliphatic heterocycles. The predicted octanol–water partition coefficient (Wildman–Crippen LogP) is 3.16. The van der Waals surface area contributed by atoms with E-state index in [9.17, 15) is 22.4 Å². The lowest BCUT2D eigenvalue weighted by Crippen LogP contribution is -2.33. The molecule has 2 aromatic heterocycles. The Morgan fingerprint density at radius 3 is 2.41 bits per heavy atom. The molecule has 2 aromatic carbocycles. The van der Waals surface area contributed by atoms with E-state index in [4.69, 9.17) is 11.6 Å². The number of halogens is 2. The molecule has 7 nitrogen and oxygen atoms in total. The second-order valence-electron chi connectivity index (χ2n) is 5.88. The van der Waals surface area contributed by atoms with E-state index < -0.39 is 31.3 Å². The van der Waals surface area contributed by atoms with E-state index in [0.29, 0.717) is 22.2 Å². The van der Waals surface area contributed by atoms with Crippen molar-refractivity contribution in [3.8, 4) is 5.69 Å².